The van der Waals surface area contributed by atoms with Crippen molar-refractivity contribution in [3.05, 3.63) is 29.3 Å². The summed E-state index contributed by atoms with van der Waals surface area (Å²) in [7, 11) is 0. The second kappa shape index (κ2) is 10.9. The van der Waals surface area contributed by atoms with Crippen molar-refractivity contribution in [3.8, 4) is 5.75 Å². The Labute approximate surface area is 150 Å². The van der Waals surface area contributed by atoms with Gasteiger partial charge in [0.05, 0.1) is 13.2 Å². The first-order chi connectivity index (χ1) is 11.7. The van der Waals surface area contributed by atoms with Gasteiger partial charge in [-0.2, -0.15) is 0 Å². The third kappa shape index (κ3) is 7.36. The van der Waals surface area contributed by atoms with Crippen LogP contribution in [0.5, 0.6) is 5.75 Å². The molecule has 0 aromatic heterocycles. The van der Waals surface area contributed by atoms with Gasteiger partial charge in [0.25, 0.3) is 0 Å². The smallest absolute Gasteiger partial charge is 0.119 e. The molecule has 1 aromatic rings. The van der Waals surface area contributed by atoms with Gasteiger partial charge in [-0.3, -0.25) is 9.80 Å². The molecule has 1 aliphatic rings. The zero-order chi connectivity index (χ0) is 17.2. The molecule has 0 radical (unpaired) electrons. The molecule has 0 aliphatic carbocycles. The van der Waals surface area contributed by atoms with Crippen molar-refractivity contribution in [2.45, 2.75) is 19.4 Å². The zero-order valence-electron chi connectivity index (χ0n) is 14.5. The van der Waals surface area contributed by atoms with Gasteiger partial charge >= 0.3 is 0 Å². The second-order valence-corrected chi connectivity index (χ2v) is 6.61. The Morgan fingerprint density at radius 3 is 2.62 bits per heavy atom. The summed E-state index contributed by atoms with van der Waals surface area (Å²) < 4.78 is 11.0. The number of hydrogen-bond donors (Lipinski definition) is 1. The normalized spacial score (nSPS) is 17.2. The predicted octanol–water partition coefficient (Wildman–Crippen LogP) is 2.12. The molecule has 1 N–H and O–H groups in total. The van der Waals surface area contributed by atoms with Crippen molar-refractivity contribution in [1.29, 1.82) is 0 Å². The molecule has 1 atom stereocenters. The van der Waals surface area contributed by atoms with Crippen LogP contribution >= 0.6 is 11.6 Å². The highest BCUT2D eigenvalue weighted by Gasteiger charge is 2.15. The van der Waals surface area contributed by atoms with Crippen molar-refractivity contribution in [2.24, 2.45) is 0 Å². The second-order valence-electron chi connectivity index (χ2n) is 6.17. The van der Waals surface area contributed by atoms with Crippen molar-refractivity contribution in [3.63, 3.8) is 0 Å². The monoisotopic (exact) mass is 356 g/mol. The Morgan fingerprint density at radius 1 is 1.25 bits per heavy atom. The molecule has 24 heavy (non-hydrogen) atoms. The first kappa shape index (κ1) is 19.5. The van der Waals surface area contributed by atoms with E-state index >= 15 is 0 Å². The van der Waals surface area contributed by atoms with E-state index in [1.165, 1.54) is 0 Å². The maximum absolute atomic E-state index is 10.3. The van der Waals surface area contributed by atoms with Gasteiger partial charge in [0, 0.05) is 37.7 Å². The van der Waals surface area contributed by atoms with Gasteiger partial charge in [-0.15, -0.1) is 0 Å². The van der Waals surface area contributed by atoms with E-state index in [4.69, 9.17) is 21.1 Å². The molecule has 1 fully saturated rings. The van der Waals surface area contributed by atoms with Crippen molar-refractivity contribution < 1.29 is 14.6 Å². The van der Waals surface area contributed by atoms with Gasteiger partial charge in [-0.25, -0.2) is 0 Å². The first-order valence-electron chi connectivity index (χ1n) is 8.76. The summed E-state index contributed by atoms with van der Waals surface area (Å²) in [5.74, 6) is 0.730. The SMILES string of the molecule is CCCN(CCN1CCOCC1)CC(O)COc1ccc(Cl)cc1. The summed E-state index contributed by atoms with van der Waals surface area (Å²) in [5.41, 5.74) is 0. The van der Waals surface area contributed by atoms with E-state index in [0.29, 0.717) is 18.2 Å². The van der Waals surface area contributed by atoms with E-state index in [-0.39, 0.29) is 0 Å². The topological polar surface area (TPSA) is 45.2 Å². The number of morpholine rings is 1. The summed E-state index contributed by atoms with van der Waals surface area (Å²) in [6.07, 6.45) is 0.574. The Hall–Kier alpha value is -0.850. The van der Waals surface area contributed by atoms with Crippen LogP contribution in [0.15, 0.2) is 24.3 Å². The molecule has 0 saturated carbocycles. The van der Waals surface area contributed by atoms with Crippen LogP contribution in [0, 0.1) is 0 Å². The molecule has 0 spiro atoms. The third-order valence-corrected chi connectivity index (χ3v) is 4.35. The number of benzene rings is 1. The molecule has 1 saturated heterocycles. The van der Waals surface area contributed by atoms with Crippen molar-refractivity contribution >= 4 is 11.6 Å². The standard InChI is InChI=1S/C18H29ClN2O3/c1-2-7-21(9-8-20-10-12-23-13-11-20)14-17(22)15-24-18-5-3-16(19)4-6-18/h3-6,17,22H,2,7-15H2,1H3. The lowest BCUT2D eigenvalue weighted by Crippen LogP contribution is -2.44. The van der Waals surface area contributed by atoms with Crippen molar-refractivity contribution in [1.82, 2.24) is 9.80 Å². The fourth-order valence-electron chi connectivity index (χ4n) is 2.79. The molecule has 1 aliphatic heterocycles. The van der Waals surface area contributed by atoms with Gasteiger partial charge in [-0.05, 0) is 37.2 Å². The number of halogens is 1. The Balaban J connectivity index is 1.70. The molecular formula is C18H29ClN2O3. The highest BCUT2D eigenvalue weighted by Crippen LogP contribution is 2.15. The fourth-order valence-corrected chi connectivity index (χ4v) is 2.92. The number of rotatable bonds is 10. The summed E-state index contributed by atoms with van der Waals surface area (Å²) in [4.78, 5) is 4.73. The lowest BCUT2D eigenvalue weighted by atomic mass is 10.3. The minimum absolute atomic E-state index is 0.291. The molecule has 1 unspecified atom stereocenters. The molecule has 1 aromatic carbocycles. The number of hydrogen-bond acceptors (Lipinski definition) is 5. The Morgan fingerprint density at radius 2 is 1.96 bits per heavy atom. The van der Waals surface area contributed by atoms with Crippen LogP contribution in [0.25, 0.3) is 0 Å². The molecule has 136 valence electrons. The van der Waals surface area contributed by atoms with Crippen LogP contribution in [-0.2, 0) is 4.74 Å². The van der Waals surface area contributed by atoms with Crippen molar-refractivity contribution in [2.75, 3.05) is 59.1 Å². The van der Waals surface area contributed by atoms with Gasteiger partial charge < -0.3 is 14.6 Å². The number of nitrogens with zero attached hydrogens (tertiary/aromatic N) is 2. The third-order valence-electron chi connectivity index (χ3n) is 4.10. The quantitative estimate of drug-likeness (QED) is 0.695. The van der Waals surface area contributed by atoms with E-state index in [9.17, 15) is 5.11 Å². The van der Waals surface area contributed by atoms with Crippen LogP contribution in [0.4, 0.5) is 0 Å². The van der Waals surface area contributed by atoms with E-state index in [1.807, 2.05) is 12.1 Å². The van der Waals surface area contributed by atoms with Crippen LogP contribution < -0.4 is 4.74 Å². The zero-order valence-corrected chi connectivity index (χ0v) is 15.2. The van der Waals surface area contributed by atoms with Gasteiger partial charge in [-0.1, -0.05) is 18.5 Å². The van der Waals surface area contributed by atoms with Gasteiger partial charge in [0.1, 0.15) is 18.5 Å². The average Bonchev–Trinajstić information content (AvgIpc) is 2.60. The molecule has 0 bridgehead atoms. The van der Waals surface area contributed by atoms with Crippen LogP contribution in [0.2, 0.25) is 5.02 Å². The number of aliphatic hydroxyl groups is 1. The first-order valence-corrected chi connectivity index (χ1v) is 9.14. The maximum Gasteiger partial charge on any atom is 0.119 e. The summed E-state index contributed by atoms with van der Waals surface area (Å²) in [5, 5.41) is 11.0. The van der Waals surface area contributed by atoms with Crippen LogP contribution in [0.1, 0.15) is 13.3 Å². The van der Waals surface area contributed by atoms with Gasteiger partial charge in [0.15, 0.2) is 0 Å². The number of aliphatic hydroxyl groups excluding tert-OH is 1. The van der Waals surface area contributed by atoms with Crippen LogP contribution in [-0.4, -0.2) is 80.1 Å². The lowest BCUT2D eigenvalue weighted by Gasteiger charge is -2.30. The Kier molecular flexibility index (Phi) is 8.84. The molecule has 5 nitrogen and oxygen atoms in total. The lowest BCUT2D eigenvalue weighted by molar-refractivity contribution is 0.0267. The minimum atomic E-state index is -0.503. The largest absolute Gasteiger partial charge is 0.491 e. The molecule has 2 rings (SSSR count). The highest BCUT2D eigenvalue weighted by atomic mass is 35.5. The summed E-state index contributed by atoms with van der Waals surface area (Å²) in [6.45, 7) is 9.72. The fraction of sp³-hybridized carbons (Fsp3) is 0.667. The van der Waals surface area contributed by atoms with Crippen LogP contribution in [0.3, 0.4) is 0 Å². The van der Waals surface area contributed by atoms with E-state index in [1.54, 1.807) is 12.1 Å². The highest BCUT2D eigenvalue weighted by molar-refractivity contribution is 6.30. The number of ether oxygens (including phenoxy) is 2. The summed E-state index contributed by atoms with van der Waals surface area (Å²) >= 11 is 5.85. The molecule has 6 heteroatoms. The molecular weight excluding hydrogens is 328 g/mol. The van der Waals surface area contributed by atoms with Gasteiger partial charge in [0.2, 0.25) is 0 Å². The molecule has 1 heterocycles. The van der Waals surface area contributed by atoms with E-state index in [2.05, 4.69) is 16.7 Å². The minimum Gasteiger partial charge on any atom is -0.491 e. The molecule has 0 amide bonds. The average molecular weight is 357 g/mol. The van der Waals surface area contributed by atoms with E-state index in [0.717, 1.165) is 58.1 Å². The predicted molar refractivity (Wildman–Crippen MR) is 96.9 cm³/mol. The Bertz CT molecular complexity index is 452. The summed E-state index contributed by atoms with van der Waals surface area (Å²) in [6, 6.07) is 7.21. The maximum atomic E-state index is 10.3. The van der Waals surface area contributed by atoms with E-state index < -0.39 is 6.10 Å².